The highest BCUT2D eigenvalue weighted by molar-refractivity contribution is 8.15. The second-order valence-corrected chi connectivity index (χ2v) is 10.3. The lowest BCUT2D eigenvalue weighted by Crippen LogP contribution is -2.43. The Morgan fingerprint density at radius 2 is 1.79 bits per heavy atom. The van der Waals surface area contributed by atoms with Crippen LogP contribution in [-0.2, 0) is 9.59 Å². The summed E-state index contributed by atoms with van der Waals surface area (Å²) in [6.45, 7) is 12.2. The summed E-state index contributed by atoms with van der Waals surface area (Å²) >= 11 is 1.34. The van der Waals surface area contributed by atoms with Crippen molar-refractivity contribution >= 4 is 46.0 Å². The number of nitrogens with one attached hydrogen (secondary N) is 1. The highest BCUT2D eigenvalue weighted by atomic mass is 32.2. The maximum absolute atomic E-state index is 13.4. The number of carbonyl (C=O) groups excluding carboxylic acids is 2. The van der Waals surface area contributed by atoms with Crippen molar-refractivity contribution in [2.45, 2.75) is 65.7 Å². The Balaban J connectivity index is 1.64. The largest absolute Gasteiger partial charge is 0.325 e. The van der Waals surface area contributed by atoms with Crippen molar-refractivity contribution in [3.8, 4) is 0 Å². The maximum Gasteiger partial charge on any atom is 0.259 e. The van der Waals surface area contributed by atoms with Gasteiger partial charge < -0.3 is 5.32 Å². The third-order valence-corrected chi connectivity index (χ3v) is 7.83. The molecule has 0 bridgehead atoms. The Kier molecular flexibility index (Phi) is 6.94. The van der Waals surface area contributed by atoms with Crippen molar-refractivity contribution in [3.05, 3.63) is 58.7 Å². The number of aryl methyl sites for hydroxylation is 3. The topological polar surface area (TPSA) is 74.1 Å². The summed E-state index contributed by atoms with van der Waals surface area (Å²) < 4.78 is 0. The SMILES string of the molecule is CC[C@H](SC1=Nc2ccccc2C2=N[C@@H]([C@H](C)CC)C(=O)N12)C(=O)Nc1c(C)cc(C)cc1C. The van der Waals surface area contributed by atoms with E-state index in [1.54, 1.807) is 4.90 Å². The molecule has 0 fully saturated rings. The van der Waals surface area contributed by atoms with E-state index in [4.69, 9.17) is 9.98 Å². The van der Waals surface area contributed by atoms with Crippen molar-refractivity contribution in [2.75, 3.05) is 5.32 Å². The first-order valence-corrected chi connectivity index (χ1v) is 12.8. The van der Waals surface area contributed by atoms with E-state index in [1.807, 2.05) is 52.0 Å². The monoisotopic (exact) mass is 476 g/mol. The van der Waals surface area contributed by atoms with E-state index in [-0.39, 0.29) is 17.7 Å². The van der Waals surface area contributed by atoms with Crippen LogP contribution in [0.25, 0.3) is 0 Å². The van der Waals surface area contributed by atoms with Gasteiger partial charge in [-0.3, -0.25) is 14.6 Å². The van der Waals surface area contributed by atoms with Gasteiger partial charge in [-0.1, -0.05) is 68.8 Å². The lowest BCUT2D eigenvalue weighted by molar-refractivity contribution is -0.125. The summed E-state index contributed by atoms with van der Waals surface area (Å²) in [5.41, 5.74) is 5.72. The maximum atomic E-state index is 13.4. The summed E-state index contributed by atoms with van der Waals surface area (Å²) in [6.07, 6.45) is 1.46. The fraction of sp³-hybridized carbons (Fsp3) is 0.407. The quantitative estimate of drug-likeness (QED) is 0.575. The molecular formula is C27H32N4O2S. The summed E-state index contributed by atoms with van der Waals surface area (Å²) in [7, 11) is 0. The Morgan fingerprint density at radius 3 is 2.44 bits per heavy atom. The number of amidine groups is 2. The lowest BCUT2D eigenvalue weighted by Gasteiger charge is -2.28. The number of thioether (sulfide) groups is 1. The van der Waals surface area contributed by atoms with E-state index in [9.17, 15) is 9.59 Å². The molecule has 2 aliphatic rings. The highest BCUT2D eigenvalue weighted by Crippen LogP contribution is 2.37. The highest BCUT2D eigenvalue weighted by Gasteiger charge is 2.43. The number of carbonyl (C=O) groups is 2. The van der Waals surface area contributed by atoms with Gasteiger partial charge >= 0.3 is 0 Å². The molecule has 0 saturated heterocycles. The molecule has 0 unspecified atom stereocenters. The molecule has 0 aromatic heterocycles. The predicted octanol–water partition coefficient (Wildman–Crippen LogP) is 5.77. The van der Waals surface area contributed by atoms with Crippen LogP contribution in [0, 0.1) is 26.7 Å². The third-order valence-electron chi connectivity index (χ3n) is 6.52. The van der Waals surface area contributed by atoms with E-state index in [2.05, 4.69) is 31.3 Å². The summed E-state index contributed by atoms with van der Waals surface area (Å²) in [4.78, 5) is 38.0. The Morgan fingerprint density at radius 1 is 1.12 bits per heavy atom. The molecule has 3 atom stereocenters. The van der Waals surface area contributed by atoms with Crippen LogP contribution >= 0.6 is 11.8 Å². The number of benzene rings is 2. The number of nitrogens with zero attached hydrogens (tertiary/aromatic N) is 3. The van der Waals surface area contributed by atoms with Crippen LogP contribution in [0.15, 0.2) is 46.4 Å². The molecule has 2 aliphatic heterocycles. The number of hydrogen-bond acceptors (Lipinski definition) is 5. The van der Waals surface area contributed by atoms with Crippen LogP contribution in [0.5, 0.6) is 0 Å². The van der Waals surface area contributed by atoms with Gasteiger partial charge in [0.1, 0.15) is 11.9 Å². The van der Waals surface area contributed by atoms with Crippen LogP contribution in [0.2, 0.25) is 0 Å². The van der Waals surface area contributed by atoms with Crippen molar-refractivity contribution in [1.82, 2.24) is 4.90 Å². The zero-order chi connectivity index (χ0) is 24.6. The zero-order valence-corrected chi connectivity index (χ0v) is 21.5. The standard InChI is InChI=1S/C27H32N4O2S/c1-7-16(4)23-26(33)31-24(29-23)19-11-9-10-12-20(19)28-27(31)34-21(8-2)25(32)30-22-17(5)13-15(3)14-18(22)6/h9-14,16,21,23H,7-8H2,1-6H3,(H,30,32)/t16-,21+,23+/m1/s1. The van der Waals surface area contributed by atoms with Crippen LogP contribution in [0.1, 0.15) is 55.9 Å². The molecule has 2 heterocycles. The number of amides is 2. The molecule has 2 aromatic rings. The molecule has 2 aromatic carbocycles. The number of para-hydroxylation sites is 1. The molecule has 34 heavy (non-hydrogen) atoms. The number of hydrogen-bond donors (Lipinski definition) is 1. The van der Waals surface area contributed by atoms with Gasteiger partial charge in [-0.2, -0.15) is 0 Å². The fourth-order valence-corrected chi connectivity index (χ4v) is 5.49. The first kappa shape index (κ1) is 24.2. The lowest BCUT2D eigenvalue weighted by atomic mass is 10.00. The predicted molar refractivity (Wildman–Crippen MR) is 141 cm³/mol. The molecule has 0 saturated carbocycles. The van der Waals surface area contributed by atoms with Gasteiger partial charge in [0.25, 0.3) is 5.91 Å². The zero-order valence-electron chi connectivity index (χ0n) is 20.7. The number of anilines is 1. The Hall–Kier alpha value is -2.93. The van der Waals surface area contributed by atoms with Crippen LogP contribution in [0.4, 0.5) is 11.4 Å². The first-order valence-electron chi connectivity index (χ1n) is 11.9. The minimum Gasteiger partial charge on any atom is -0.325 e. The van der Waals surface area contributed by atoms with Crippen LogP contribution in [0.3, 0.4) is 0 Å². The van der Waals surface area contributed by atoms with E-state index in [0.717, 1.165) is 34.5 Å². The molecule has 6 nitrogen and oxygen atoms in total. The van der Waals surface area contributed by atoms with Crippen molar-refractivity contribution in [2.24, 2.45) is 15.9 Å². The molecule has 7 heteroatoms. The van der Waals surface area contributed by atoms with E-state index in [0.29, 0.717) is 17.4 Å². The fourth-order valence-electron chi connectivity index (χ4n) is 4.47. The first-order chi connectivity index (χ1) is 16.2. The minimum atomic E-state index is -0.427. The normalized spacial score (nSPS) is 18.6. The molecular weight excluding hydrogens is 444 g/mol. The van der Waals surface area contributed by atoms with Gasteiger partial charge in [-0.25, -0.2) is 9.89 Å². The molecule has 2 amide bonds. The second kappa shape index (κ2) is 9.74. The van der Waals surface area contributed by atoms with Crippen LogP contribution in [-0.4, -0.2) is 39.0 Å². The summed E-state index contributed by atoms with van der Waals surface area (Å²) in [5, 5.41) is 3.24. The van der Waals surface area contributed by atoms with Crippen molar-refractivity contribution in [3.63, 3.8) is 0 Å². The Bertz CT molecular complexity index is 1180. The molecule has 0 aliphatic carbocycles. The Labute approximate surface area is 205 Å². The van der Waals surface area contributed by atoms with Gasteiger partial charge in [-0.05, 0) is 56.4 Å². The number of rotatable bonds is 6. The smallest absolute Gasteiger partial charge is 0.259 e. The average molecular weight is 477 g/mol. The van der Waals surface area contributed by atoms with E-state index in [1.165, 1.54) is 17.3 Å². The number of aliphatic imine (C=N–C) groups is 2. The number of fused-ring (bicyclic) bond motifs is 3. The minimum absolute atomic E-state index is 0.0643. The average Bonchev–Trinajstić information content (AvgIpc) is 3.16. The van der Waals surface area contributed by atoms with Gasteiger partial charge in [-0.15, -0.1) is 0 Å². The molecule has 178 valence electrons. The van der Waals surface area contributed by atoms with Crippen LogP contribution < -0.4 is 5.32 Å². The van der Waals surface area contributed by atoms with E-state index < -0.39 is 11.3 Å². The van der Waals surface area contributed by atoms with E-state index >= 15 is 0 Å². The molecule has 4 rings (SSSR count). The third kappa shape index (κ3) is 4.41. The second-order valence-electron chi connectivity index (χ2n) is 9.15. The van der Waals surface area contributed by atoms with Gasteiger partial charge in [0, 0.05) is 11.3 Å². The van der Waals surface area contributed by atoms with Gasteiger partial charge in [0.2, 0.25) is 5.91 Å². The van der Waals surface area contributed by atoms with Gasteiger partial charge in [0.15, 0.2) is 5.17 Å². The van der Waals surface area contributed by atoms with Crippen molar-refractivity contribution in [1.29, 1.82) is 0 Å². The van der Waals surface area contributed by atoms with Gasteiger partial charge in [0.05, 0.1) is 10.9 Å². The molecule has 0 radical (unpaired) electrons. The molecule has 0 spiro atoms. The summed E-state index contributed by atoms with van der Waals surface area (Å²) in [5.74, 6) is 0.615. The molecule has 1 N–H and O–H groups in total. The summed E-state index contributed by atoms with van der Waals surface area (Å²) in [6, 6.07) is 11.4. The van der Waals surface area contributed by atoms with Crippen molar-refractivity contribution < 1.29 is 9.59 Å².